The van der Waals surface area contributed by atoms with Crippen LogP contribution in [0.5, 0.6) is 5.75 Å². The molecular formula is C23H28N4O2S. The highest BCUT2D eigenvalue weighted by atomic mass is 32.2. The molecule has 7 heteroatoms. The Bertz CT molecular complexity index is 1010. The second kappa shape index (κ2) is 9.80. The van der Waals surface area contributed by atoms with Crippen LogP contribution in [0.1, 0.15) is 37.8 Å². The minimum absolute atomic E-state index is 0.0483. The van der Waals surface area contributed by atoms with Gasteiger partial charge in [-0.05, 0) is 55.2 Å². The lowest BCUT2D eigenvalue weighted by molar-refractivity contribution is -0.113. The highest BCUT2D eigenvalue weighted by molar-refractivity contribution is 7.99. The molecule has 0 atom stereocenters. The molecule has 0 saturated heterocycles. The van der Waals surface area contributed by atoms with Gasteiger partial charge in [-0.3, -0.25) is 4.79 Å². The van der Waals surface area contributed by atoms with E-state index in [4.69, 9.17) is 4.74 Å². The largest absolute Gasteiger partial charge is 0.497 e. The number of para-hydroxylation sites is 1. The summed E-state index contributed by atoms with van der Waals surface area (Å²) in [6.07, 6.45) is 0. The van der Waals surface area contributed by atoms with Gasteiger partial charge in [-0.2, -0.15) is 0 Å². The summed E-state index contributed by atoms with van der Waals surface area (Å²) in [5.74, 6) is 2.14. The number of methoxy groups -OCH3 is 1. The third-order valence-corrected chi connectivity index (χ3v) is 5.87. The van der Waals surface area contributed by atoms with Crippen molar-refractivity contribution in [3.8, 4) is 17.1 Å². The number of carbonyl (C=O) groups is 1. The molecule has 0 aliphatic rings. The smallest absolute Gasteiger partial charge is 0.234 e. The van der Waals surface area contributed by atoms with Gasteiger partial charge in [0.2, 0.25) is 5.91 Å². The van der Waals surface area contributed by atoms with E-state index >= 15 is 0 Å². The first-order chi connectivity index (χ1) is 14.4. The van der Waals surface area contributed by atoms with Crippen LogP contribution in [-0.4, -0.2) is 33.5 Å². The fourth-order valence-corrected chi connectivity index (χ4v) is 4.08. The minimum atomic E-state index is -0.0483. The number of nitrogens with zero attached hydrogens (tertiary/aromatic N) is 3. The molecule has 2 aromatic carbocycles. The van der Waals surface area contributed by atoms with E-state index in [2.05, 4.69) is 35.4 Å². The van der Waals surface area contributed by atoms with E-state index in [0.29, 0.717) is 12.5 Å². The molecule has 6 nitrogen and oxygen atoms in total. The van der Waals surface area contributed by atoms with Crippen molar-refractivity contribution in [3.05, 3.63) is 53.6 Å². The van der Waals surface area contributed by atoms with Crippen LogP contribution in [0.3, 0.4) is 0 Å². The first-order valence-corrected chi connectivity index (χ1v) is 11.0. The number of hydrogen-bond donors (Lipinski definition) is 1. The molecule has 1 aromatic heterocycles. The summed E-state index contributed by atoms with van der Waals surface area (Å²) in [7, 11) is 1.64. The van der Waals surface area contributed by atoms with Crippen molar-refractivity contribution in [2.45, 2.75) is 45.3 Å². The van der Waals surface area contributed by atoms with Gasteiger partial charge in [0.05, 0.1) is 12.9 Å². The lowest BCUT2D eigenvalue weighted by Gasteiger charge is -2.16. The first-order valence-electron chi connectivity index (χ1n) is 10.0. The average molecular weight is 425 g/mol. The molecule has 3 aromatic rings. The molecule has 0 unspecified atom stereocenters. The van der Waals surface area contributed by atoms with Crippen LogP contribution in [0.15, 0.2) is 47.6 Å². The average Bonchev–Trinajstić information content (AvgIpc) is 3.16. The molecule has 0 fully saturated rings. The van der Waals surface area contributed by atoms with Gasteiger partial charge >= 0.3 is 0 Å². The predicted octanol–water partition coefficient (Wildman–Crippen LogP) is 5.14. The van der Waals surface area contributed by atoms with E-state index in [1.807, 2.05) is 54.8 Å². The maximum Gasteiger partial charge on any atom is 0.234 e. The van der Waals surface area contributed by atoms with E-state index in [0.717, 1.165) is 39.1 Å². The van der Waals surface area contributed by atoms with Crippen molar-refractivity contribution >= 4 is 23.4 Å². The molecule has 0 saturated carbocycles. The summed E-state index contributed by atoms with van der Waals surface area (Å²) in [5, 5.41) is 12.5. The van der Waals surface area contributed by atoms with Gasteiger partial charge in [0.25, 0.3) is 0 Å². The number of anilines is 1. The zero-order valence-corrected chi connectivity index (χ0v) is 18.9. The van der Waals surface area contributed by atoms with E-state index in [-0.39, 0.29) is 11.7 Å². The maximum atomic E-state index is 12.7. The van der Waals surface area contributed by atoms with Crippen LogP contribution in [0, 0.1) is 6.92 Å². The Morgan fingerprint density at radius 3 is 2.53 bits per heavy atom. The number of aryl methyl sites for hydroxylation is 1. The lowest BCUT2D eigenvalue weighted by atomic mass is 9.98. The maximum absolute atomic E-state index is 12.7. The van der Waals surface area contributed by atoms with Crippen LogP contribution in [-0.2, 0) is 11.3 Å². The summed E-state index contributed by atoms with van der Waals surface area (Å²) in [4.78, 5) is 12.7. The van der Waals surface area contributed by atoms with Crippen LogP contribution in [0.2, 0.25) is 0 Å². The second-order valence-electron chi connectivity index (χ2n) is 7.31. The highest BCUT2D eigenvalue weighted by Gasteiger charge is 2.16. The standard InChI is InChI=1S/C23H28N4O2S/c1-6-27-22(17-10-12-18(29-5)13-11-17)25-26-23(27)30-14-20(28)24-21-16(4)8-7-9-19(21)15(2)3/h7-13,15H,6,14H2,1-5H3,(H,24,28). The normalized spacial score (nSPS) is 11.0. The topological polar surface area (TPSA) is 69.0 Å². The quantitative estimate of drug-likeness (QED) is 0.507. The number of amides is 1. The predicted molar refractivity (Wildman–Crippen MR) is 122 cm³/mol. The van der Waals surface area contributed by atoms with E-state index in [1.165, 1.54) is 11.8 Å². The van der Waals surface area contributed by atoms with Crippen molar-refractivity contribution in [1.29, 1.82) is 0 Å². The van der Waals surface area contributed by atoms with Gasteiger partial charge in [-0.25, -0.2) is 0 Å². The zero-order chi connectivity index (χ0) is 21.7. The first kappa shape index (κ1) is 21.9. The van der Waals surface area contributed by atoms with Crippen molar-refractivity contribution in [3.63, 3.8) is 0 Å². The molecule has 0 spiro atoms. The molecule has 1 N–H and O–H groups in total. The van der Waals surface area contributed by atoms with Crippen LogP contribution < -0.4 is 10.1 Å². The number of benzene rings is 2. The van der Waals surface area contributed by atoms with Gasteiger partial charge in [-0.15, -0.1) is 10.2 Å². The summed E-state index contributed by atoms with van der Waals surface area (Å²) >= 11 is 1.39. The van der Waals surface area contributed by atoms with Crippen molar-refractivity contribution in [2.24, 2.45) is 0 Å². The minimum Gasteiger partial charge on any atom is -0.497 e. The summed E-state index contributed by atoms with van der Waals surface area (Å²) in [6.45, 7) is 9.03. The zero-order valence-electron chi connectivity index (χ0n) is 18.1. The third-order valence-electron chi connectivity index (χ3n) is 4.91. The van der Waals surface area contributed by atoms with Gasteiger partial charge in [0.1, 0.15) is 5.75 Å². The summed E-state index contributed by atoms with van der Waals surface area (Å²) in [5.41, 5.74) is 4.09. The number of aromatic nitrogens is 3. The monoisotopic (exact) mass is 424 g/mol. The van der Waals surface area contributed by atoms with Gasteiger partial charge < -0.3 is 14.6 Å². The fourth-order valence-electron chi connectivity index (χ4n) is 3.28. The van der Waals surface area contributed by atoms with Crippen LogP contribution >= 0.6 is 11.8 Å². The van der Waals surface area contributed by atoms with Gasteiger partial charge in [0, 0.05) is 17.8 Å². The number of hydrogen-bond acceptors (Lipinski definition) is 5. The molecule has 0 aliphatic carbocycles. The number of carbonyl (C=O) groups excluding carboxylic acids is 1. The molecule has 1 amide bonds. The van der Waals surface area contributed by atoms with Crippen LogP contribution in [0.25, 0.3) is 11.4 Å². The van der Waals surface area contributed by atoms with E-state index < -0.39 is 0 Å². The molecule has 3 rings (SSSR count). The Balaban J connectivity index is 1.72. The molecule has 0 aliphatic heterocycles. The molecular weight excluding hydrogens is 396 g/mol. The Morgan fingerprint density at radius 2 is 1.90 bits per heavy atom. The number of thioether (sulfide) groups is 1. The summed E-state index contributed by atoms with van der Waals surface area (Å²) < 4.78 is 7.24. The third kappa shape index (κ3) is 4.84. The highest BCUT2D eigenvalue weighted by Crippen LogP contribution is 2.29. The fraction of sp³-hybridized carbons (Fsp3) is 0.348. The van der Waals surface area contributed by atoms with Crippen molar-refractivity contribution < 1.29 is 9.53 Å². The molecule has 30 heavy (non-hydrogen) atoms. The Kier molecular flexibility index (Phi) is 7.15. The molecule has 0 radical (unpaired) electrons. The number of ether oxygens (including phenoxy) is 1. The van der Waals surface area contributed by atoms with E-state index in [1.54, 1.807) is 7.11 Å². The van der Waals surface area contributed by atoms with Crippen LogP contribution in [0.4, 0.5) is 5.69 Å². The van der Waals surface area contributed by atoms with Crippen molar-refractivity contribution in [1.82, 2.24) is 14.8 Å². The lowest BCUT2D eigenvalue weighted by Crippen LogP contribution is -2.17. The molecule has 158 valence electrons. The molecule has 0 bridgehead atoms. The summed E-state index contributed by atoms with van der Waals surface area (Å²) in [6, 6.07) is 13.8. The Morgan fingerprint density at radius 1 is 1.17 bits per heavy atom. The van der Waals surface area contributed by atoms with Crippen molar-refractivity contribution in [2.75, 3.05) is 18.2 Å². The van der Waals surface area contributed by atoms with Gasteiger partial charge in [-0.1, -0.05) is 43.8 Å². The number of nitrogens with one attached hydrogen (secondary N) is 1. The SMILES string of the molecule is CCn1c(SCC(=O)Nc2c(C)cccc2C(C)C)nnc1-c1ccc(OC)cc1. The van der Waals surface area contributed by atoms with E-state index in [9.17, 15) is 4.79 Å². The Hall–Kier alpha value is -2.80. The second-order valence-corrected chi connectivity index (χ2v) is 8.25. The Labute approximate surface area is 182 Å². The number of rotatable bonds is 8. The van der Waals surface area contributed by atoms with Gasteiger partial charge in [0.15, 0.2) is 11.0 Å². The molecule has 1 heterocycles.